The first-order valence-electron chi connectivity index (χ1n) is 6.16. The number of benzene rings is 3. The highest BCUT2D eigenvalue weighted by atomic mass is 16.3. The van der Waals surface area contributed by atoms with E-state index in [4.69, 9.17) is 4.42 Å². The van der Waals surface area contributed by atoms with Crippen molar-refractivity contribution < 1.29 is 9.21 Å². The Kier molecular flexibility index (Phi) is 2.00. The van der Waals surface area contributed by atoms with Crippen LogP contribution in [0, 0.1) is 0 Å². The van der Waals surface area contributed by atoms with E-state index in [2.05, 4.69) is 0 Å². The fourth-order valence-electron chi connectivity index (χ4n) is 2.68. The van der Waals surface area contributed by atoms with Crippen LogP contribution in [-0.4, -0.2) is 6.29 Å². The standard InChI is InChI=1S/C17H10O2/c18-10-12-9-11-5-1-2-6-13(11)17-16(12)14-7-3-4-8-15(14)19-17/h1-10H. The summed E-state index contributed by atoms with van der Waals surface area (Å²) in [5, 5.41) is 3.96. The van der Waals surface area contributed by atoms with Crippen LogP contribution in [-0.2, 0) is 0 Å². The molecule has 1 aromatic heterocycles. The third-order valence-corrected chi connectivity index (χ3v) is 3.53. The lowest BCUT2D eigenvalue weighted by molar-refractivity contribution is 0.112. The Bertz CT molecular complexity index is 932. The Morgan fingerprint density at radius 1 is 0.895 bits per heavy atom. The number of fused-ring (bicyclic) bond motifs is 5. The number of hydrogen-bond donors (Lipinski definition) is 0. The summed E-state index contributed by atoms with van der Waals surface area (Å²) in [5.74, 6) is 0. The van der Waals surface area contributed by atoms with E-state index >= 15 is 0 Å². The summed E-state index contributed by atoms with van der Waals surface area (Å²) in [6, 6.07) is 17.7. The average molecular weight is 246 g/mol. The summed E-state index contributed by atoms with van der Waals surface area (Å²) in [5.41, 5.74) is 2.29. The molecule has 0 fully saturated rings. The van der Waals surface area contributed by atoms with Crippen LogP contribution in [0.2, 0.25) is 0 Å². The smallest absolute Gasteiger partial charge is 0.150 e. The topological polar surface area (TPSA) is 30.2 Å². The molecule has 0 aliphatic heterocycles. The van der Waals surface area contributed by atoms with Gasteiger partial charge in [0.2, 0.25) is 0 Å². The van der Waals surface area contributed by atoms with Crippen molar-refractivity contribution in [3.05, 3.63) is 60.2 Å². The van der Waals surface area contributed by atoms with E-state index in [1.165, 1.54) is 0 Å². The van der Waals surface area contributed by atoms with Gasteiger partial charge in [-0.25, -0.2) is 0 Å². The minimum atomic E-state index is 0.679. The van der Waals surface area contributed by atoms with Crippen molar-refractivity contribution >= 4 is 39.0 Å². The van der Waals surface area contributed by atoms with Gasteiger partial charge in [0, 0.05) is 21.7 Å². The number of furan rings is 1. The van der Waals surface area contributed by atoms with Gasteiger partial charge in [0.15, 0.2) is 6.29 Å². The second-order valence-electron chi connectivity index (χ2n) is 4.61. The Hall–Kier alpha value is -2.61. The van der Waals surface area contributed by atoms with Crippen LogP contribution in [0.1, 0.15) is 10.4 Å². The van der Waals surface area contributed by atoms with Crippen molar-refractivity contribution in [3.8, 4) is 0 Å². The van der Waals surface area contributed by atoms with Crippen LogP contribution < -0.4 is 0 Å². The van der Waals surface area contributed by atoms with Crippen LogP contribution >= 0.6 is 0 Å². The number of carbonyl (C=O) groups is 1. The van der Waals surface area contributed by atoms with E-state index in [-0.39, 0.29) is 0 Å². The minimum absolute atomic E-state index is 0.679. The fraction of sp³-hybridized carbons (Fsp3) is 0. The number of para-hydroxylation sites is 1. The lowest BCUT2D eigenvalue weighted by atomic mass is 10.0. The molecule has 0 N–H and O–H groups in total. The highest BCUT2D eigenvalue weighted by Gasteiger charge is 2.13. The molecular formula is C17H10O2. The molecule has 2 heteroatoms. The predicted molar refractivity (Wildman–Crippen MR) is 76.6 cm³/mol. The number of hydrogen-bond acceptors (Lipinski definition) is 2. The molecule has 0 amide bonds. The molecule has 3 aromatic carbocycles. The second-order valence-corrected chi connectivity index (χ2v) is 4.61. The van der Waals surface area contributed by atoms with Gasteiger partial charge in [-0.3, -0.25) is 4.79 Å². The molecule has 0 unspecified atom stereocenters. The molecule has 2 nitrogen and oxygen atoms in total. The van der Waals surface area contributed by atoms with Crippen LogP contribution in [0.25, 0.3) is 32.7 Å². The van der Waals surface area contributed by atoms with Crippen molar-refractivity contribution in [3.63, 3.8) is 0 Å². The average Bonchev–Trinajstić information content (AvgIpc) is 2.86. The van der Waals surface area contributed by atoms with Crippen molar-refractivity contribution in [2.75, 3.05) is 0 Å². The third-order valence-electron chi connectivity index (χ3n) is 3.53. The predicted octanol–water partition coefficient (Wildman–Crippen LogP) is 4.55. The fourth-order valence-corrected chi connectivity index (χ4v) is 2.68. The largest absolute Gasteiger partial charge is 0.455 e. The molecule has 0 aliphatic rings. The van der Waals surface area contributed by atoms with Crippen molar-refractivity contribution in [2.24, 2.45) is 0 Å². The van der Waals surface area contributed by atoms with E-state index in [0.29, 0.717) is 5.56 Å². The maximum atomic E-state index is 11.4. The molecule has 0 radical (unpaired) electrons. The molecule has 0 atom stereocenters. The SMILES string of the molecule is O=Cc1cc2ccccc2c2oc3ccccc3c12. The van der Waals surface area contributed by atoms with Crippen LogP contribution in [0.4, 0.5) is 0 Å². The Morgan fingerprint density at radius 2 is 1.63 bits per heavy atom. The molecule has 90 valence electrons. The Labute approximate surface area is 109 Å². The lowest BCUT2D eigenvalue weighted by Crippen LogP contribution is -1.83. The number of carbonyl (C=O) groups excluding carboxylic acids is 1. The van der Waals surface area contributed by atoms with Gasteiger partial charge in [0.1, 0.15) is 11.2 Å². The first-order valence-corrected chi connectivity index (χ1v) is 6.16. The van der Waals surface area contributed by atoms with Crippen LogP contribution in [0.15, 0.2) is 59.0 Å². The highest BCUT2D eigenvalue weighted by Crippen LogP contribution is 2.35. The van der Waals surface area contributed by atoms with Crippen molar-refractivity contribution in [1.29, 1.82) is 0 Å². The molecular weight excluding hydrogens is 236 g/mol. The summed E-state index contributed by atoms with van der Waals surface area (Å²) in [7, 11) is 0. The van der Waals surface area contributed by atoms with E-state index in [0.717, 1.165) is 39.0 Å². The first-order chi connectivity index (χ1) is 9.38. The lowest BCUT2D eigenvalue weighted by Gasteiger charge is -2.01. The maximum Gasteiger partial charge on any atom is 0.150 e. The molecule has 0 aliphatic carbocycles. The molecule has 0 saturated carbocycles. The van der Waals surface area contributed by atoms with Gasteiger partial charge in [0.05, 0.1) is 0 Å². The van der Waals surface area contributed by atoms with Crippen molar-refractivity contribution in [1.82, 2.24) is 0 Å². The third kappa shape index (κ3) is 1.34. The number of rotatable bonds is 1. The molecule has 1 heterocycles. The van der Waals surface area contributed by atoms with Crippen molar-refractivity contribution in [2.45, 2.75) is 0 Å². The van der Waals surface area contributed by atoms with Gasteiger partial charge >= 0.3 is 0 Å². The zero-order valence-corrected chi connectivity index (χ0v) is 10.1. The van der Waals surface area contributed by atoms with E-state index in [1.807, 2.05) is 54.6 Å². The second kappa shape index (κ2) is 3.69. The molecule has 0 saturated heterocycles. The monoisotopic (exact) mass is 246 g/mol. The van der Waals surface area contributed by atoms with E-state index < -0.39 is 0 Å². The zero-order chi connectivity index (χ0) is 12.8. The highest BCUT2D eigenvalue weighted by molar-refractivity contribution is 6.20. The quantitative estimate of drug-likeness (QED) is 0.461. The van der Waals surface area contributed by atoms with Gasteiger partial charge in [-0.1, -0.05) is 42.5 Å². The van der Waals surface area contributed by atoms with Gasteiger partial charge < -0.3 is 4.42 Å². The van der Waals surface area contributed by atoms with Gasteiger partial charge in [-0.2, -0.15) is 0 Å². The van der Waals surface area contributed by atoms with E-state index in [1.54, 1.807) is 0 Å². The van der Waals surface area contributed by atoms with Gasteiger partial charge in [0.25, 0.3) is 0 Å². The zero-order valence-electron chi connectivity index (χ0n) is 10.1. The Balaban J connectivity index is 2.38. The maximum absolute atomic E-state index is 11.4. The van der Waals surface area contributed by atoms with Crippen LogP contribution in [0.5, 0.6) is 0 Å². The molecule has 0 spiro atoms. The molecule has 4 aromatic rings. The van der Waals surface area contributed by atoms with E-state index in [9.17, 15) is 4.79 Å². The molecule has 0 bridgehead atoms. The summed E-state index contributed by atoms with van der Waals surface area (Å²) in [4.78, 5) is 11.4. The normalized spacial score (nSPS) is 11.4. The summed E-state index contributed by atoms with van der Waals surface area (Å²) in [6.07, 6.45) is 0.900. The summed E-state index contributed by atoms with van der Waals surface area (Å²) >= 11 is 0. The molecule has 19 heavy (non-hydrogen) atoms. The van der Waals surface area contributed by atoms with Gasteiger partial charge in [-0.15, -0.1) is 0 Å². The summed E-state index contributed by atoms with van der Waals surface area (Å²) in [6.45, 7) is 0. The summed E-state index contributed by atoms with van der Waals surface area (Å²) < 4.78 is 5.95. The van der Waals surface area contributed by atoms with Gasteiger partial charge in [-0.05, 0) is 17.5 Å². The minimum Gasteiger partial charge on any atom is -0.455 e. The molecule has 4 rings (SSSR count). The first kappa shape index (κ1) is 10.3. The van der Waals surface area contributed by atoms with Crippen LogP contribution in [0.3, 0.4) is 0 Å². The number of aldehydes is 1. The Morgan fingerprint density at radius 3 is 2.47 bits per heavy atom.